The van der Waals surface area contributed by atoms with Crippen molar-refractivity contribution in [3.8, 4) is 33.6 Å². The zero-order valence-corrected chi connectivity index (χ0v) is 32.3. The fourth-order valence-corrected chi connectivity index (χ4v) is 7.65. The van der Waals surface area contributed by atoms with Crippen molar-refractivity contribution in [2.75, 3.05) is 0 Å². The number of furan rings is 1. The Kier molecular flexibility index (Phi) is 7.89. The van der Waals surface area contributed by atoms with Crippen molar-refractivity contribution in [1.82, 2.24) is 9.97 Å². The number of nitrogens with zero attached hydrogens (tertiary/aromatic N) is 2. The van der Waals surface area contributed by atoms with Gasteiger partial charge in [0.05, 0.1) is 13.7 Å². The van der Waals surface area contributed by atoms with Gasteiger partial charge >= 0.3 is 0 Å². The fourth-order valence-electron chi connectivity index (χ4n) is 6.48. The first-order chi connectivity index (χ1) is 27.1. The van der Waals surface area contributed by atoms with Gasteiger partial charge in [-0.15, -0.1) is 53.6 Å². The third-order valence-electron chi connectivity index (χ3n) is 9.25. The number of pyridine rings is 2. The van der Waals surface area contributed by atoms with Crippen LogP contribution in [0.5, 0.6) is 0 Å². The Hall–Kier alpha value is -5.19. The summed E-state index contributed by atoms with van der Waals surface area (Å²) in [4.78, 5) is 8.80. The number of fused-ring (bicyclic) bond motifs is 6. The van der Waals surface area contributed by atoms with Crippen molar-refractivity contribution in [3.63, 3.8) is 0 Å². The Morgan fingerprint density at radius 2 is 1.44 bits per heavy atom. The van der Waals surface area contributed by atoms with Crippen LogP contribution in [0.25, 0.3) is 77.1 Å². The molecular weight excluding hydrogens is 829 g/mol. The number of hydrogen-bond acceptors (Lipinski definition) is 3. The first-order valence-electron chi connectivity index (χ1n) is 19.9. The predicted molar refractivity (Wildman–Crippen MR) is 217 cm³/mol. The molecule has 0 unspecified atom stereocenters. The summed E-state index contributed by atoms with van der Waals surface area (Å²) in [5.74, 6) is 0. The van der Waals surface area contributed by atoms with Crippen LogP contribution in [0.3, 0.4) is 0 Å². The minimum atomic E-state index is -2.18. The molecule has 0 bridgehead atoms. The molecule has 3 heterocycles. The Morgan fingerprint density at radius 1 is 0.635 bits per heavy atom. The average Bonchev–Trinajstić information content (AvgIpc) is 3.57. The molecule has 9 aromatic rings. The van der Waals surface area contributed by atoms with E-state index in [-0.39, 0.29) is 31.2 Å². The van der Waals surface area contributed by atoms with E-state index in [1.54, 1.807) is 12.1 Å². The van der Waals surface area contributed by atoms with Crippen LogP contribution in [0.1, 0.15) is 19.4 Å². The molecule has 0 atom stereocenters. The molecule has 0 fully saturated rings. The second kappa shape index (κ2) is 14.4. The van der Waals surface area contributed by atoms with Gasteiger partial charge in [0.15, 0.2) is 0 Å². The van der Waals surface area contributed by atoms with Gasteiger partial charge in [-0.2, -0.15) is 0 Å². The van der Waals surface area contributed by atoms with E-state index in [4.69, 9.17) is 17.6 Å². The summed E-state index contributed by atoms with van der Waals surface area (Å²) in [6, 6.07) is 48.5. The van der Waals surface area contributed by atoms with Crippen LogP contribution < -0.4 is 5.19 Å². The number of hydrogen-bond donors (Lipinski definition) is 0. The average molecular weight is 873 g/mol. The molecule has 0 saturated heterocycles. The molecule has 52 heavy (non-hydrogen) atoms. The molecule has 3 aromatic heterocycles. The topological polar surface area (TPSA) is 38.9 Å². The Morgan fingerprint density at radius 3 is 2.19 bits per heavy atom. The monoisotopic (exact) mass is 873 g/mol. The zero-order chi connectivity index (χ0) is 40.1. The molecule has 0 aliphatic heterocycles. The minimum absolute atomic E-state index is 0. The SMILES string of the molecule is C[Si](C)(C)c1ccc(-c2ccnc(-c3[c-]ccc4c3oc3cc5c(ccc6ccccc65)cc34)c2)cc1.[2H]C([2H])([2H])c1c[c-]c(-c2ccc(C([2H])([2H])[2H])cn2)cc1.[Ir]. The van der Waals surface area contributed by atoms with E-state index < -0.39 is 21.8 Å². The first kappa shape index (κ1) is 28.4. The standard InChI is InChI=1S/C34H26NOSi.C13H12N.Ir/c1-37(2,3)26-15-13-22(14-16-26)24-17-18-35-32(20-24)29-10-6-9-28-31-19-25-12-11-23-7-4-5-8-27(23)30(25)21-33(31)36-34(28)29;1-10-3-6-12(7-4-10)13-8-5-11(2)9-14-13;/h4-9,11-21H,1-3H3;3-6,8-9H,1-2H3;/q2*-1;/i;1D3,2D3;. The van der Waals surface area contributed by atoms with E-state index in [9.17, 15) is 0 Å². The third-order valence-corrected chi connectivity index (χ3v) is 11.3. The van der Waals surface area contributed by atoms with E-state index in [1.807, 2.05) is 12.3 Å². The smallest absolute Gasteiger partial charge is 0.121 e. The molecule has 0 N–H and O–H groups in total. The molecular formula is C47H38IrN2OSi-2. The molecule has 3 nitrogen and oxygen atoms in total. The Labute approximate surface area is 328 Å². The minimum Gasteiger partial charge on any atom is -0.501 e. The number of benzene rings is 6. The summed E-state index contributed by atoms with van der Waals surface area (Å²) < 4.78 is 50.2. The zero-order valence-electron chi connectivity index (χ0n) is 34.9. The molecule has 5 heteroatoms. The number of rotatable bonds is 4. The predicted octanol–water partition coefficient (Wildman–Crippen LogP) is 12.1. The third kappa shape index (κ3) is 7.00. The maximum absolute atomic E-state index is 7.28. The number of aromatic nitrogens is 2. The van der Waals surface area contributed by atoms with E-state index in [0.29, 0.717) is 11.3 Å². The largest absolute Gasteiger partial charge is 0.501 e. The van der Waals surface area contributed by atoms with Gasteiger partial charge in [0.1, 0.15) is 5.58 Å². The van der Waals surface area contributed by atoms with Crippen LogP contribution >= 0.6 is 0 Å². The molecule has 6 aromatic carbocycles. The van der Waals surface area contributed by atoms with Crippen LogP contribution in [0.4, 0.5) is 0 Å². The second-order valence-electron chi connectivity index (χ2n) is 13.7. The molecule has 0 amide bonds. The quantitative estimate of drug-likeness (QED) is 0.100. The van der Waals surface area contributed by atoms with Crippen molar-refractivity contribution in [3.05, 3.63) is 163 Å². The first-order valence-corrected chi connectivity index (χ1v) is 20.4. The summed E-state index contributed by atoms with van der Waals surface area (Å²) in [6.45, 7) is 2.79. The van der Waals surface area contributed by atoms with Gasteiger partial charge in [0, 0.05) is 46.1 Å². The summed E-state index contributed by atoms with van der Waals surface area (Å²) in [7, 11) is -1.33. The van der Waals surface area contributed by atoms with Crippen molar-refractivity contribution < 1.29 is 32.7 Å². The van der Waals surface area contributed by atoms with Gasteiger partial charge in [-0.1, -0.05) is 121 Å². The van der Waals surface area contributed by atoms with Crippen molar-refractivity contribution >= 4 is 56.7 Å². The fraction of sp³-hybridized carbons (Fsp3) is 0.106. The maximum Gasteiger partial charge on any atom is 0.121 e. The van der Waals surface area contributed by atoms with Gasteiger partial charge in [-0.05, 0) is 74.7 Å². The van der Waals surface area contributed by atoms with Gasteiger partial charge in [0.25, 0.3) is 0 Å². The van der Waals surface area contributed by atoms with Crippen molar-refractivity contribution in [2.45, 2.75) is 33.3 Å². The van der Waals surface area contributed by atoms with Gasteiger partial charge < -0.3 is 14.4 Å². The van der Waals surface area contributed by atoms with Crippen LogP contribution in [-0.2, 0) is 20.1 Å². The van der Waals surface area contributed by atoms with Gasteiger partial charge in [-0.3, -0.25) is 0 Å². The van der Waals surface area contributed by atoms with Crippen LogP contribution in [0.2, 0.25) is 19.6 Å². The second-order valence-corrected chi connectivity index (χ2v) is 18.8. The molecule has 1 radical (unpaired) electrons. The molecule has 0 aliphatic carbocycles. The molecule has 9 rings (SSSR count). The Balaban J connectivity index is 0.000000208. The van der Waals surface area contributed by atoms with E-state index in [2.05, 4.69) is 128 Å². The maximum atomic E-state index is 7.28. The Bertz CT molecular complexity index is 2840. The van der Waals surface area contributed by atoms with E-state index >= 15 is 0 Å². The summed E-state index contributed by atoms with van der Waals surface area (Å²) in [5, 5.41) is 8.56. The summed E-state index contributed by atoms with van der Waals surface area (Å²) >= 11 is 0. The van der Waals surface area contributed by atoms with E-state index in [0.717, 1.165) is 38.8 Å². The van der Waals surface area contributed by atoms with E-state index in [1.165, 1.54) is 56.7 Å². The van der Waals surface area contributed by atoms with Gasteiger partial charge in [0.2, 0.25) is 0 Å². The normalized spacial score (nSPS) is 13.6. The molecule has 0 saturated carbocycles. The van der Waals surface area contributed by atoms with Crippen LogP contribution in [0, 0.1) is 25.8 Å². The molecule has 0 aliphatic rings. The summed E-state index contributed by atoms with van der Waals surface area (Å²) in [5.41, 5.74) is 7.36. The molecule has 0 spiro atoms. The molecule has 257 valence electrons. The number of aryl methyl sites for hydroxylation is 2. The van der Waals surface area contributed by atoms with Crippen molar-refractivity contribution in [2.24, 2.45) is 0 Å². The van der Waals surface area contributed by atoms with Crippen molar-refractivity contribution in [1.29, 1.82) is 0 Å². The van der Waals surface area contributed by atoms with Crippen LogP contribution in [0.15, 0.2) is 144 Å². The summed E-state index contributed by atoms with van der Waals surface area (Å²) in [6.07, 6.45) is 3.18. The van der Waals surface area contributed by atoms with Crippen LogP contribution in [-0.4, -0.2) is 18.0 Å². The van der Waals surface area contributed by atoms with Gasteiger partial charge in [-0.25, -0.2) is 0 Å².